The summed E-state index contributed by atoms with van der Waals surface area (Å²) in [4.78, 5) is 23.2. The van der Waals surface area contributed by atoms with Gasteiger partial charge in [0, 0.05) is 6.54 Å². The van der Waals surface area contributed by atoms with E-state index < -0.39 is 23.7 Å². The van der Waals surface area contributed by atoms with Crippen molar-refractivity contribution < 1.29 is 24.9 Å². The molecule has 0 heterocycles. The molecular weight excluding hydrogens is 228 g/mol. The molecule has 17 heavy (non-hydrogen) atoms. The molecule has 0 aliphatic rings. The van der Waals surface area contributed by atoms with Crippen LogP contribution in [0, 0.1) is 0 Å². The lowest BCUT2D eigenvalue weighted by atomic mass is 10.1. The summed E-state index contributed by atoms with van der Waals surface area (Å²) in [6, 6.07) is -0.519. The standard InChI is InChI=1S/C10H20N2O5/c1-4-12(6-10(2,3)17)9(16)11-5-7(13)8(14)15/h7,13,17H,4-6H2,1-3H3,(H,11,16)(H,14,15). The van der Waals surface area contributed by atoms with E-state index in [0.29, 0.717) is 6.54 Å². The van der Waals surface area contributed by atoms with Crippen LogP contribution in [-0.2, 0) is 4.79 Å². The summed E-state index contributed by atoms with van der Waals surface area (Å²) in [6.07, 6.45) is -1.63. The van der Waals surface area contributed by atoms with Crippen LogP contribution in [0.3, 0.4) is 0 Å². The Labute approximate surface area is 100 Å². The van der Waals surface area contributed by atoms with Crippen LogP contribution in [-0.4, -0.2) is 63.6 Å². The highest BCUT2D eigenvalue weighted by Crippen LogP contribution is 2.04. The van der Waals surface area contributed by atoms with Crippen molar-refractivity contribution >= 4 is 12.0 Å². The number of likely N-dealkylation sites (N-methyl/N-ethyl adjacent to an activating group) is 1. The quantitative estimate of drug-likeness (QED) is 0.493. The van der Waals surface area contributed by atoms with Gasteiger partial charge in [-0.2, -0.15) is 0 Å². The van der Waals surface area contributed by atoms with Crippen molar-refractivity contribution in [2.24, 2.45) is 0 Å². The first-order valence-electron chi connectivity index (χ1n) is 5.33. The molecule has 7 heteroatoms. The van der Waals surface area contributed by atoms with E-state index in [1.165, 1.54) is 4.90 Å². The van der Waals surface area contributed by atoms with Crippen LogP contribution < -0.4 is 5.32 Å². The molecule has 0 aromatic rings. The highest BCUT2D eigenvalue weighted by Gasteiger charge is 2.22. The maximum atomic E-state index is 11.6. The first-order chi connectivity index (χ1) is 7.67. The van der Waals surface area contributed by atoms with Crippen LogP contribution in [0.2, 0.25) is 0 Å². The predicted octanol–water partition coefficient (Wildman–Crippen LogP) is -0.766. The van der Waals surface area contributed by atoms with Gasteiger partial charge in [0.25, 0.3) is 0 Å². The van der Waals surface area contributed by atoms with E-state index in [0.717, 1.165) is 0 Å². The van der Waals surface area contributed by atoms with E-state index in [-0.39, 0.29) is 13.1 Å². The van der Waals surface area contributed by atoms with Gasteiger partial charge in [-0.05, 0) is 20.8 Å². The van der Waals surface area contributed by atoms with E-state index in [1.807, 2.05) is 0 Å². The van der Waals surface area contributed by atoms with Crippen molar-refractivity contribution in [2.45, 2.75) is 32.5 Å². The summed E-state index contributed by atoms with van der Waals surface area (Å²) in [6.45, 7) is 5.00. The number of carbonyl (C=O) groups excluding carboxylic acids is 1. The molecule has 7 nitrogen and oxygen atoms in total. The lowest BCUT2D eigenvalue weighted by molar-refractivity contribution is -0.146. The number of nitrogens with zero attached hydrogens (tertiary/aromatic N) is 1. The van der Waals surface area contributed by atoms with Gasteiger partial charge in [-0.15, -0.1) is 0 Å². The average Bonchev–Trinajstić information content (AvgIpc) is 2.20. The second kappa shape index (κ2) is 6.41. The Balaban J connectivity index is 4.23. The van der Waals surface area contributed by atoms with Gasteiger partial charge in [-0.1, -0.05) is 0 Å². The highest BCUT2D eigenvalue weighted by molar-refractivity contribution is 5.76. The van der Waals surface area contributed by atoms with E-state index >= 15 is 0 Å². The molecule has 0 rings (SSSR count). The van der Waals surface area contributed by atoms with Gasteiger partial charge in [-0.3, -0.25) is 0 Å². The zero-order valence-corrected chi connectivity index (χ0v) is 10.3. The second-order valence-electron chi connectivity index (χ2n) is 4.37. The van der Waals surface area contributed by atoms with E-state index in [4.69, 9.17) is 10.2 Å². The molecule has 0 aliphatic carbocycles. The number of hydrogen-bond acceptors (Lipinski definition) is 4. The van der Waals surface area contributed by atoms with Gasteiger partial charge in [0.1, 0.15) is 0 Å². The molecule has 100 valence electrons. The molecule has 0 fully saturated rings. The third-order valence-corrected chi connectivity index (χ3v) is 1.98. The first kappa shape index (κ1) is 15.7. The zero-order valence-electron chi connectivity index (χ0n) is 10.3. The minimum Gasteiger partial charge on any atom is -0.479 e. The highest BCUT2D eigenvalue weighted by atomic mass is 16.4. The first-order valence-corrected chi connectivity index (χ1v) is 5.33. The van der Waals surface area contributed by atoms with Gasteiger partial charge in [0.2, 0.25) is 0 Å². The lowest BCUT2D eigenvalue weighted by Crippen LogP contribution is -2.49. The fraction of sp³-hybridized carbons (Fsp3) is 0.800. The number of aliphatic carboxylic acids is 1. The Bertz CT molecular complexity index is 274. The third-order valence-electron chi connectivity index (χ3n) is 1.98. The number of nitrogens with one attached hydrogen (secondary N) is 1. The summed E-state index contributed by atoms with van der Waals surface area (Å²) in [7, 11) is 0. The van der Waals surface area contributed by atoms with E-state index in [9.17, 15) is 14.7 Å². The maximum absolute atomic E-state index is 11.6. The smallest absolute Gasteiger partial charge is 0.334 e. The molecule has 0 aromatic carbocycles. The SMILES string of the molecule is CCN(CC(C)(C)O)C(=O)NCC(O)C(=O)O. The van der Waals surface area contributed by atoms with Crippen molar-refractivity contribution in [3.05, 3.63) is 0 Å². The monoisotopic (exact) mass is 248 g/mol. The number of amides is 2. The molecule has 0 saturated carbocycles. The van der Waals surface area contributed by atoms with Gasteiger partial charge in [0.05, 0.1) is 18.7 Å². The fourth-order valence-electron chi connectivity index (χ4n) is 1.18. The van der Waals surface area contributed by atoms with Crippen LogP contribution in [0.1, 0.15) is 20.8 Å². The topological polar surface area (TPSA) is 110 Å². The molecular formula is C10H20N2O5. The second-order valence-corrected chi connectivity index (χ2v) is 4.37. The molecule has 1 unspecified atom stereocenters. The Morgan fingerprint density at radius 2 is 1.94 bits per heavy atom. The molecule has 0 aliphatic heterocycles. The number of aliphatic hydroxyl groups excluding tert-OH is 1. The number of carboxylic acids is 1. The number of urea groups is 1. The number of carbonyl (C=O) groups is 2. The number of aliphatic hydroxyl groups is 2. The number of carboxylic acid groups (broad SMARTS) is 1. The summed E-state index contributed by atoms with van der Waals surface area (Å²) < 4.78 is 0. The normalized spacial score (nSPS) is 13.0. The number of rotatable bonds is 6. The van der Waals surface area contributed by atoms with Crippen molar-refractivity contribution in [2.75, 3.05) is 19.6 Å². The molecule has 0 saturated heterocycles. The fourth-order valence-corrected chi connectivity index (χ4v) is 1.18. The summed E-state index contributed by atoms with van der Waals surface area (Å²) in [5.41, 5.74) is -1.03. The molecule has 0 bridgehead atoms. The van der Waals surface area contributed by atoms with Crippen molar-refractivity contribution in [1.82, 2.24) is 10.2 Å². The van der Waals surface area contributed by atoms with Crippen molar-refractivity contribution in [1.29, 1.82) is 0 Å². The van der Waals surface area contributed by atoms with Crippen LogP contribution in [0.15, 0.2) is 0 Å². The summed E-state index contributed by atoms with van der Waals surface area (Å²) in [5, 5.41) is 29.3. The third kappa shape index (κ3) is 6.75. The number of hydrogen-bond donors (Lipinski definition) is 4. The Morgan fingerprint density at radius 3 is 2.29 bits per heavy atom. The molecule has 1 atom stereocenters. The maximum Gasteiger partial charge on any atom is 0.334 e. The van der Waals surface area contributed by atoms with Crippen molar-refractivity contribution in [3.63, 3.8) is 0 Å². The largest absolute Gasteiger partial charge is 0.479 e. The Hall–Kier alpha value is -1.34. The Kier molecular flexibility index (Phi) is 5.90. The van der Waals surface area contributed by atoms with E-state index in [2.05, 4.69) is 5.32 Å². The summed E-state index contributed by atoms with van der Waals surface area (Å²) >= 11 is 0. The molecule has 2 amide bonds. The summed E-state index contributed by atoms with van der Waals surface area (Å²) in [5.74, 6) is -1.39. The zero-order chi connectivity index (χ0) is 13.6. The van der Waals surface area contributed by atoms with Gasteiger partial charge < -0.3 is 25.5 Å². The minimum atomic E-state index is -1.63. The van der Waals surface area contributed by atoms with E-state index in [1.54, 1.807) is 20.8 Å². The van der Waals surface area contributed by atoms with Crippen molar-refractivity contribution in [3.8, 4) is 0 Å². The van der Waals surface area contributed by atoms with Crippen LogP contribution in [0.25, 0.3) is 0 Å². The molecule has 0 radical (unpaired) electrons. The van der Waals surface area contributed by atoms with Crippen LogP contribution >= 0.6 is 0 Å². The molecule has 0 aromatic heterocycles. The van der Waals surface area contributed by atoms with Gasteiger partial charge in [0.15, 0.2) is 6.10 Å². The molecule has 0 spiro atoms. The Morgan fingerprint density at radius 1 is 1.41 bits per heavy atom. The predicted molar refractivity (Wildman–Crippen MR) is 60.6 cm³/mol. The van der Waals surface area contributed by atoms with Gasteiger partial charge in [-0.25, -0.2) is 9.59 Å². The molecule has 4 N–H and O–H groups in total. The van der Waals surface area contributed by atoms with Gasteiger partial charge >= 0.3 is 12.0 Å². The minimum absolute atomic E-state index is 0.124. The lowest BCUT2D eigenvalue weighted by Gasteiger charge is -2.28. The van der Waals surface area contributed by atoms with Crippen LogP contribution in [0.5, 0.6) is 0 Å². The van der Waals surface area contributed by atoms with Crippen LogP contribution in [0.4, 0.5) is 4.79 Å². The average molecular weight is 248 g/mol.